The molecule has 52 valence electrons. The van der Waals surface area contributed by atoms with E-state index in [1.807, 2.05) is 0 Å². The van der Waals surface area contributed by atoms with Gasteiger partial charge in [-0.2, -0.15) is 0 Å². The van der Waals surface area contributed by atoms with Crippen molar-refractivity contribution in [3.8, 4) is 0 Å². The maximum atomic E-state index is 10.5. The van der Waals surface area contributed by atoms with Crippen molar-refractivity contribution in [2.75, 3.05) is 0 Å². The second kappa shape index (κ2) is 2.83. The summed E-state index contributed by atoms with van der Waals surface area (Å²) in [6, 6.07) is 1.33. The number of carbonyl (C=O) groups excluding carboxylic acids is 1. The first-order valence-electron chi connectivity index (χ1n) is 2.43. The van der Waals surface area contributed by atoms with Crippen LogP contribution in [0.4, 0.5) is 0 Å². The number of carbonyl (C=O) groups is 1. The van der Waals surface area contributed by atoms with E-state index in [-0.39, 0.29) is 5.69 Å². The summed E-state index contributed by atoms with van der Waals surface area (Å²) in [4.78, 5) is 10.5. The number of hydrogen-bond donors (Lipinski definition) is 2. The maximum Gasteiger partial charge on any atom is 0.295 e. The molecule has 1 aromatic rings. The lowest BCUT2D eigenvalue weighted by Crippen LogP contribution is -2.20. The molecule has 0 aliphatic heterocycles. The van der Waals surface area contributed by atoms with Crippen LogP contribution in [0, 0.1) is 0 Å². The Kier molecular flexibility index (Phi) is 1.86. The summed E-state index contributed by atoms with van der Waals surface area (Å²) < 4.78 is 0. The van der Waals surface area contributed by atoms with Crippen LogP contribution in [0.5, 0.6) is 0 Å². The highest BCUT2D eigenvalue weighted by molar-refractivity contribution is 5.90. The molecule has 0 spiro atoms. The molecule has 0 aromatic carbocycles. The summed E-state index contributed by atoms with van der Waals surface area (Å²) in [5.41, 5.74) is 1.44. The molecule has 0 aliphatic carbocycles. The van der Waals surface area contributed by atoms with Gasteiger partial charge in [0.05, 0.1) is 6.20 Å². The Balaban J connectivity index is 2.85. The summed E-state index contributed by atoms with van der Waals surface area (Å²) in [6.07, 6.45) is 1.30. The molecule has 1 rings (SSSR count). The van der Waals surface area contributed by atoms with Gasteiger partial charge in [0.15, 0.2) is 5.69 Å². The van der Waals surface area contributed by atoms with Crippen molar-refractivity contribution in [2.45, 2.75) is 0 Å². The first-order chi connectivity index (χ1) is 4.84. The fraction of sp³-hybridized carbons (Fsp3) is 0. The predicted octanol–water partition coefficient (Wildman–Crippen LogP) is -1.01. The average molecular weight is 140 g/mol. The standard InChI is InChI=1S/C4H4N4O2/c9-4(7-10)3-1-2-5-8-6-3/h1-2,10H,(H,7,9). The zero-order chi connectivity index (χ0) is 7.40. The van der Waals surface area contributed by atoms with Crippen LogP contribution >= 0.6 is 0 Å². The third kappa shape index (κ3) is 1.23. The van der Waals surface area contributed by atoms with Gasteiger partial charge in [-0.3, -0.25) is 10.0 Å². The van der Waals surface area contributed by atoms with Crippen molar-refractivity contribution < 1.29 is 10.0 Å². The van der Waals surface area contributed by atoms with Gasteiger partial charge < -0.3 is 0 Å². The van der Waals surface area contributed by atoms with Crippen molar-refractivity contribution in [3.63, 3.8) is 0 Å². The lowest BCUT2D eigenvalue weighted by Gasteiger charge is -1.92. The minimum Gasteiger partial charge on any atom is -0.288 e. The summed E-state index contributed by atoms with van der Waals surface area (Å²) in [5.74, 6) is -0.699. The first-order valence-corrected chi connectivity index (χ1v) is 2.43. The van der Waals surface area contributed by atoms with Gasteiger partial charge in [0, 0.05) is 0 Å². The molecule has 0 atom stereocenters. The lowest BCUT2D eigenvalue weighted by atomic mass is 10.4. The quantitative estimate of drug-likeness (QED) is 0.385. The largest absolute Gasteiger partial charge is 0.295 e. The van der Waals surface area contributed by atoms with E-state index in [1.165, 1.54) is 17.7 Å². The smallest absolute Gasteiger partial charge is 0.288 e. The maximum absolute atomic E-state index is 10.5. The molecule has 10 heavy (non-hydrogen) atoms. The Morgan fingerprint density at radius 1 is 1.70 bits per heavy atom. The summed E-state index contributed by atoms with van der Waals surface area (Å²) >= 11 is 0. The Bertz CT molecular complexity index is 224. The van der Waals surface area contributed by atoms with Crippen molar-refractivity contribution in [2.24, 2.45) is 0 Å². The first kappa shape index (κ1) is 6.56. The number of amides is 1. The van der Waals surface area contributed by atoms with Gasteiger partial charge in [0.25, 0.3) is 5.91 Å². The summed E-state index contributed by atoms with van der Waals surface area (Å²) in [5, 5.41) is 17.9. The Morgan fingerprint density at radius 3 is 3.00 bits per heavy atom. The van der Waals surface area contributed by atoms with E-state index in [0.29, 0.717) is 0 Å². The second-order valence-corrected chi connectivity index (χ2v) is 1.45. The van der Waals surface area contributed by atoms with Gasteiger partial charge in [0.2, 0.25) is 0 Å². The van der Waals surface area contributed by atoms with Gasteiger partial charge in [0.1, 0.15) is 0 Å². The van der Waals surface area contributed by atoms with Gasteiger partial charge in [-0.1, -0.05) is 0 Å². The number of aromatic nitrogens is 3. The van der Waals surface area contributed by atoms with Crippen molar-refractivity contribution in [3.05, 3.63) is 18.0 Å². The van der Waals surface area contributed by atoms with Crippen LogP contribution in [-0.4, -0.2) is 26.5 Å². The van der Waals surface area contributed by atoms with E-state index in [2.05, 4.69) is 15.4 Å². The van der Waals surface area contributed by atoms with Crippen LogP contribution in [0.2, 0.25) is 0 Å². The van der Waals surface area contributed by atoms with Crippen molar-refractivity contribution >= 4 is 5.91 Å². The molecule has 0 bridgehead atoms. The Labute approximate surface area is 55.9 Å². The summed E-state index contributed by atoms with van der Waals surface area (Å²) in [6.45, 7) is 0. The Hall–Kier alpha value is -1.56. The van der Waals surface area contributed by atoms with Gasteiger partial charge in [-0.15, -0.1) is 10.2 Å². The molecule has 0 saturated carbocycles. The number of hydrogen-bond acceptors (Lipinski definition) is 5. The van der Waals surface area contributed by atoms with Gasteiger partial charge in [-0.05, 0) is 11.3 Å². The molecule has 1 heterocycles. The van der Waals surface area contributed by atoms with E-state index < -0.39 is 5.91 Å². The molecular weight excluding hydrogens is 136 g/mol. The van der Waals surface area contributed by atoms with Crippen LogP contribution < -0.4 is 5.48 Å². The highest BCUT2D eigenvalue weighted by Gasteiger charge is 2.03. The van der Waals surface area contributed by atoms with Gasteiger partial charge >= 0.3 is 0 Å². The molecular formula is C4H4N4O2. The molecule has 6 heteroatoms. The molecule has 1 amide bonds. The van der Waals surface area contributed by atoms with Crippen LogP contribution in [0.3, 0.4) is 0 Å². The average Bonchev–Trinajstić information content (AvgIpc) is 2.05. The minimum absolute atomic E-state index is 0.0255. The normalized spacial score (nSPS) is 8.90. The number of nitrogens with one attached hydrogen (secondary N) is 1. The SMILES string of the molecule is O=C(NO)c1ccnnn1. The molecule has 2 N–H and O–H groups in total. The van der Waals surface area contributed by atoms with E-state index >= 15 is 0 Å². The number of rotatable bonds is 1. The predicted molar refractivity (Wildman–Crippen MR) is 29.1 cm³/mol. The van der Waals surface area contributed by atoms with E-state index in [9.17, 15) is 4.79 Å². The highest BCUT2D eigenvalue weighted by Crippen LogP contribution is 1.86. The second-order valence-electron chi connectivity index (χ2n) is 1.45. The fourth-order valence-corrected chi connectivity index (χ4v) is 0.419. The fourth-order valence-electron chi connectivity index (χ4n) is 0.419. The van der Waals surface area contributed by atoms with Crippen molar-refractivity contribution in [1.82, 2.24) is 20.9 Å². The zero-order valence-electron chi connectivity index (χ0n) is 4.85. The monoisotopic (exact) mass is 140 g/mol. The molecule has 6 nitrogen and oxygen atoms in total. The molecule has 0 fully saturated rings. The number of hydroxylamine groups is 1. The van der Waals surface area contributed by atoms with Crippen LogP contribution in [0.15, 0.2) is 12.3 Å². The zero-order valence-corrected chi connectivity index (χ0v) is 4.85. The van der Waals surface area contributed by atoms with Crippen LogP contribution in [0.1, 0.15) is 10.5 Å². The lowest BCUT2D eigenvalue weighted by molar-refractivity contribution is 0.0699. The molecule has 0 saturated heterocycles. The number of nitrogens with zero attached hydrogens (tertiary/aromatic N) is 3. The molecule has 0 unspecified atom stereocenters. The minimum atomic E-state index is -0.699. The van der Waals surface area contributed by atoms with Gasteiger partial charge in [-0.25, -0.2) is 5.48 Å². The topological polar surface area (TPSA) is 88.0 Å². The van der Waals surface area contributed by atoms with E-state index in [0.717, 1.165) is 0 Å². The van der Waals surface area contributed by atoms with Crippen molar-refractivity contribution in [1.29, 1.82) is 0 Å². The molecule has 1 aromatic heterocycles. The Morgan fingerprint density at radius 2 is 2.50 bits per heavy atom. The van der Waals surface area contributed by atoms with E-state index in [4.69, 9.17) is 5.21 Å². The third-order valence-electron chi connectivity index (χ3n) is 0.837. The molecule has 0 aliphatic rings. The summed E-state index contributed by atoms with van der Waals surface area (Å²) in [7, 11) is 0. The molecule has 0 radical (unpaired) electrons. The van der Waals surface area contributed by atoms with Crippen LogP contribution in [-0.2, 0) is 0 Å². The van der Waals surface area contributed by atoms with Crippen LogP contribution in [0.25, 0.3) is 0 Å². The highest BCUT2D eigenvalue weighted by atomic mass is 16.5. The third-order valence-corrected chi connectivity index (χ3v) is 0.837. The van der Waals surface area contributed by atoms with E-state index in [1.54, 1.807) is 0 Å².